The summed E-state index contributed by atoms with van der Waals surface area (Å²) in [5.74, 6) is 0.833. The van der Waals surface area contributed by atoms with Crippen molar-refractivity contribution in [2.24, 2.45) is 5.10 Å². The minimum Gasteiger partial charge on any atom is -0.447 e. The predicted molar refractivity (Wildman–Crippen MR) is 97.2 cm³/mol. The Hall–Kier alpha value is -3.15. The molecule has 25 heavy (non-hydrogen) atoms. The second-order valence-corrected chi connectivity index (χ2v) is 5.96. The van der Waals surface area contributed by atoms with E-state index >= 15 is 0 Å². The number of imidazole rings is 1. The molecule has 0 bridgehead atoms. The lowest BCUT2D eigenvalue weighted by Gasteiger charge is -2.14. The van der Waals surface area contributed by atoms with Crippen LogP contribution in [-0.2, 0) is 4.74 Å². The first-order valence-corrected chi connectivity index (χ1v) is 8.18. The number of nitrogens with zero attached hydrogens (tertiary/aromatic N) is 4. The van der Waals surface area contributed by atoms with Crippen LogP contribution >= 0.6 is 0 Å². The number of aryl methyl sites for hydroxylation is 1. The molecule has 0 unspecified atom stereocenters. The maximum Gasteiger partial charge on any atom is 0.414 e. The summed E-state index contributed by atoms with van der Waals surface area (Å²) in [6.45, 7) is 4.89. The molecule has 2 aromatic carbocycles. The first kappa shape index (κ1) is 15.4. The fourth-order valence-electron chi connectivity index (χ4n) is 2.99. The van der Waals surface area contributed by atoms with E-state index in [2.05, 4.69) is 4.98 Å². The summed E-state index contributed by atoms with van der Waals surface area (Å²) in [5.41, 5.74) is 4.51. The van der Waals surface area contributed by atoms with Gasteiger partial charge in [0.1, 0.15) is 12.4 Å². The van der Waals surface area contributed by atoms with Gasteiger partial charge in [-0.05, 0) is 43.7 Å². The number of cyclic esters (lactones) is 1. The molecule has 1 aromatic heterocycles. The van der Waals surface area contributed by atoms with E-state index in [0.29, 0.717) is 13.2 Å². The number of fused-ring (bicyclic) bond motifs is 1. The van der Waals surface area contributed by atoms with E-state index in [0.717, 1.165) is 33.8 Å². The molecule has 6 heteroatoms. The van der Waals surface area contributed by atoms with Gasteiger partial charge in [-0.2, -0.15) is 5.10 Å². The van der Waals surface area contributed by atoms with Crippen molar-refractivity contribution >= 4 is 28.5 Å². The quantitative estimate of drug-likeness (QED) is 0.688. The molecule has 0 aliphatic carbocycles. The minimum atomic E-state index is -0.303. The van der Waals surface area contributed by atoms with Crippen LogP contribution in [0.2, 0.25) is 0 Å². The number of benzene rings is 2. The van der Waals surface area contributed by atoms with Crippen LogP contribution in [0.5, 0.6) is 0 Å². The Labute approximate surface area is 145 Å². The second kappa shape index (κ2) is 6.05. The summed E-state index contributed by atoms with van der Waals surface area (Å²) in [6.07, 6.45) is -0.303. The average Bonchev–Trinajstić information content (AvgIpc) is 3.18. The maximum atomic E-state index is 11.8. The van der Waals surface area contributed by atoms with Crippen molar-refractivity contribution in [2.75, 3.05) is 18.1 Å². The first-order chi connectivity index (χ1) is 12.1. The third-order valence-electron chi connectivity index (χ3n) is 4.29. The molecule has 1 aliphatic heterocycles. The number of hydrogen-bond acceptors (Lipinski definition) is 4. The van der Waals surface area contributed by atoms with E-state index in [1.54, 1.807) is 4.90 Å². The summed E-state index contributed by atoms with van der Waals surface area (Å²) in [5, 5.41) is 4.74. The number of hydrogen-bond donors (Lipinski definition) is 0. The highest BCUT2D eigenvalue weighted by Gasteiger charge is 2.23. The van der Waals surface area contributed by atoms with Gasteiger partial charge >= 0.3 is 6.09 Å². The van der Waals surface area contributed by atoms with Crippen LogP contribution in [-0.4, -0.2) is 34.6 Å². The van der Waals surface area contributed by atoms with Crippen molar-refractivity contribution < 1.29 is 9.53 Å². The van der Waals surface area contributed by atoms with Crippen LogP contribution in [0.1, 0.15) is 18.3 Å². The summed E-state index contributed by atoms with van der Waals surface area (Å²) in [7, 11) is 0. The van der Waals surface area contributed by atoms with Gasteiger partial charge in [0.05, 0.1) is 23.3 Å². The predicted octanol–water partition coefficient (Wildman–Crippen LogP) is 3.57. The maximum absolute atomic E-state index is 11.8. The Morgan fingerprint density at radius 1 is 1.20 bits per heavy atom. The van der Waals surface area contributed by atoms with E-state index < -0.39 is 0 Å². The number of carbonyl (C=O) groups is 1. The SMILES string of the molecule is CC(=Nn1c(C)nc2ccccc21)c1cccc(N2CCOC2=O)c1. The number of amides is 1. The zero-order valence-corrected chi connectivity index (χ0v) is 14.1. The molecule has 6 nitrogen and oxygen atoms in total. The lowest BCUT2D eigenvalue weighted by molar-refractivity contribution is 0.181. The lowest BCUT2D eigenvalue weighted by Crippen LogP contribution is -2.23. The first-order valence-electron chi connectivity index (χ1n) is 8.18. The normalized spacial score (nSPS) is 15.0. The molecule has 2 heterocycles. The van der Waals surface area contributed by atoms with E-state index in [4.69, 9.17) is 9.84 Å². The summed E-state index contributed by atoms with van der Waals surface area (Å²) in [4.78, 5) is 17.9. The smallest absolute Gasteiger partial charge is 0.414 e. The van der Waals surface area contributed by atoms with Crippen LogP contribution in [0.15, 0.2) is 53.6 Å². The van der Waals surface area contributed by atoms with Crippen molar-refractivity contribution in [3.63, 3.8) is 0 Å². The molecule has 0 atom stereocenters. The van der Waals surface area contributed by atoms with Crippen molar-refractivity contribution in [1.29, 1.82) is 0 Å². The molecule has 1 saturated heterocycles. The summed E-state index contributed by atoms with van der Waals surface area (Å²) in [6, 6.07) is 15.7. The van der Waals surface area contributed by atoms with Gasteiger partial charge in [-0.1, -0.05) is 24.3 Å². The van der Waals surface area contributed by atoms with Crippen LogP contribution in [0.3, 0.4) is 0 Å². The molecule has 0 saturated carbocycles. The fraction of sp³-hybridized carbons (Fsp3) is 0.211. The van der Waals surface area contributed by atoms with Gasteiger partial charge in [0.2, 0.25) is 0 Å². The number of anilines is 1. The lowest BCUT2D eigenvalue weighted by atomic mass is 10.1. The molecular weight excluding hydrogens is 316 g/mol. The molecule has 4 rings (SSSR count). The zero-order valence-electron chi connectivity index (χ0n) is 14.1. The van der Waals surface area contributed by atoms with E-state index in [9.17, 15) is 4.79 Å². The molecule has 126 valence electrons. The van der Waals surface area contributed by atoms with Gasteiger partial charge in [0, 0.05) is 5.69 Å². The zero-order chi connectivity index (χ0) is 17.4. The molecule has 1 amide bonds. The van der Waals surface area contributed by atoms with Crippen LogP contribution in [0.25, 0.3) is 11.0 Å². The molecule has 0 radical (unpaired) electrons. The molecule has 1 fully saturated rings. The van der Waals surface area contributed by atoms with Crippen molar-refractivity contribution in [2.45, 2.75) is 13.8 Å². The van der Waals surface area contributed by atoms with Crippen LogP contribution < -0.4 is 4.90 Å². The van der Waals surface area contributed by atoms with Gasteiger partial charge in [-0.3, -0.25) is 4.90 Å². The third-order valence-corrected chi connectivity index (χ3v) is 4.29. The van der Waals surface area contributed by atoms with Gasteiger partial charge in [-0.15, -0.1) is 0 Å². The Morgan fingerprint density at radius 3 is 2.84 bits per heavy atom. The van der Waals surface area contributed by atoms with Crippen LogP contribution in [0.4, 0.5) is 10.5 Å². The molecular formula is C19H18N4O2. The minimum absolute atomic E-state index is 0.303. The van der Waals surface area contributed by atoms with Gasteiger partial charge in [0.25, 0.3) is 0 Å². The Balaban J connectivity index is 1.73. The highest BCUT2D eigenvalue weighted by atomic mass is 16.6. The van der Waals surface area contributed by atoms with E-state index in [-0.39, 0.29) is 6.09 Å². The van der Waals surface area contributed by atoms with Gasteiger partial charge < -0.3 is 4.74 Å². The monoisotopic (exact) mass is 334 g/mol. The van der Waals surface area contributed by atoms with E-state index in [1.165, 1.54) is 0 Å². The average molecular weight is 334 g/mol. The van der Waals surface area contributed by atoms with Crippen molar-refractivity contribution in [3.05, 3.63) is 59.9 Å². The molecule has 0 N–H and O–H groups in total. The Kier molecular flexibility index (Phi) is 3.72. The fourth-order valence-corrected chi connectivity index (χ4v) is 2.99. The van der Waals surface area contributed by atoms with Crippen molar-refractivity contribution in [3.8, 4) is 0 Å². The molecule has 3 aromatic rings. The Bertz CT molecular complexity index is 990. The highest BCUT2D eigenvalue weighted by molar-refractivity contribution is 6.00. The Morgan fingerprint density at radius 2 is 2.04 bits per heavy atom. The number of para-hydroxylation sites is 2. The van der Waals surface area contributed by atoms with E-state index in [1.807, 2.05) is 67.1 Å². The highest BCUT2D eigenvalue weighted by Crippen LogP contribution is 2.21. The number of ether oxygens (including phenoxy) is 1. The second-order valence-electron chi connectivity index (χ2n) is 5.96. The standard InChI is InChI=1S/C19H18N4O2/c1-13(21-23-14(2)20-17-8-3-4-9-18(17)23)15-6-5-7-16(12-15)22-10-11-25-19(22)24/h3-9,12H,10-11H2,1-2H3. The third kappa shape index (κ3) is 2.76. The topological polar surface area (TPSA) is 59.7 Å². The largest absolute Gasteiger partial charge is 0.447 e. The molecule has 1 aliphatic rings. The van der Waals surface area contributed by atoms with Gasteiger partial charge in [-0.25, -0.2) is 14.5 Å². The molecule has 0 spiro atoms. The number of aromatic nitrogens is 2. The van der Waals surface area contributed by atoms with Crippen LogP contribution in [0, 0.1) is 6.92 Å². The van der Waals surface area contributed by atoms with Crippen molar-refractivity contribution in [1.82, 2.24) is 9.66 Å². The number of carbonyl (C=O) groups excluding carboxylic acids is 1. The summed E-state index contributed by atoms with van der Waals surface area (Å²) < 4.78 is 6.86. The number of rotatable bonds is 3. The summed E-state index contributed by atoms with van der Waals surface area (Å²) >= 11 is 0. The van der Waals surface area contributed by atoms with Gasteiger partial charge in [0.15, 0.2) is 0 Å².